The van der Waals surface area contributed by atoms with Crippen molar-refractivity contribution < 1.29 is 13.6 Å². The first-order chi connectivity index (χ1) is 20.7. The molecule has 0 aliphatic rings. The predicted molar refractivity (Wildman–Crippen MR) is 198 cm³/mol. The Morgan fingerprint density at radius 1 is 0.419 bits per heavy atom. The average molecular weight is 692 g/mol. The molecule has 0 rings (SSSR count). The fourth-order valence-corrected chi connectivity index (χ4v) is 28.1. The Hall–Kier alpha value is 0.708. The van der Waals surface area contributed by atoms with Gasteiger partial charge in [-0.3, -0.25) is 0 Å². The van der Waals surface area contributed by atoms with Gasteiger partial charge in [0.2, 0.25) is 0 Å². The molecule has 0 radical (unpaired) electrons. The fraction of sp³-hybridized carbons (Fsp3) is 1.00. The number of hydrogen-bond acceptors (Lipinski definition) is 3. The van der Waals surface area contributed by atoms with Gasteiger partial charge >= 0.3 is 211 Å². The molecule has 0 aromatic carbocycles. The van der Waals surface area contributed by atoms with Crippen LogP contribution < -0.4 is 0 Å². The zero-order valence-corrected chi connectivity index (χ0v) is 33.7. The minimum absolute atomic E-state index is 0.594. The summed E-state index contributed by atoms with van der Waals surface area (Å²) >= 11 is -2.32. The molecule has 0 fully saturated rings. The molecule has 0 aromatic rings. The van der Waals surface area contributed by atoms with Crippen molar-refractivity contribution in [3.8, 4) is 0 Å². The summed E-state index contributed by atoms with van der Waals surface area (Å²) < 4.78 is 28.7. The van der Waals surface area contributed by atoms with Gasteiger partial charge in [-0.15, -0.1) is 0 Å². The van der Waals surface area contributed by atoms with Crippen LogP contribution >= 0.6 is 7.60 Å². The molecular weight excluding hydrogens is 610 g/mol. The van der Waals surface area contributed by atoms with Crippen molar-refractivity contribution in [3.63, 3.8) is 0 Å². The third-order valence-corrected chi connectivity index (χ3v) is 29.2. The van der Waals surface area contributed by atoms with E-state index >= 15 is 0 Å². The summed E-state index contributed by atoms with van der Waals surface area (Å²) in [5.41, 5.74) is 0. The van der Waals surface area contributed by atoms with Crippen molar-refractivity contribution in [2.75, 3.05) is 18.2 Å². The van der Waals surface area contributed by atoms with Crippen molar-refractivity contribution in [1.82, 2.24) is 0 Å². The predicted octanol–water partition coefficient (Wildman–Crippen LogP) is 14.8. The quantitative estimate of drug-likeness (QED) is 0.0390. The summed E-state index contributed by atoms with van der Waals surface area (Å²) in [7, 11) is -3.09. The first-order valence-electron chi connectivity index (χ1n) is 19.4. The van der Waals surface area contributed by atoms with E-state index in [9.17, 15) is 4.57 Å². The molecule has 3 nitrogen and oxygen atoms in total. The normalized spacial score (nSPS) is 12.8. The Bertz CT molecular complexity index is 581. The summed E-state index contributed by atoms with van der Waals surface area (Å²) in [5.74, 6) is 0. The Morgan fingerprint density at radius 2 is 0.651 bits per heavy atom. The Morgan fingerprint density at radius 3 is 0.884 bits per heavy atom. The van der Waals surface area contributed by atoms with E-state index < -0.39 is 21.1 Å². The molecule has 0 saturated heterocycles. The van der Waals surface area contributed by atoms with Crippen LogP contribution in [0.4, 0.5) is 0 Å². The zero-order chi connectivity index (χ0) is 32.2. The topological polar surface area (TPSA) is 35.5 Å². The zero-order valence-electron chi connectivity index (χ0n) is 30.9. The molecule has 0 aliphatic heterocycles. The molecule has 0 spiro atoms. The monoisotopic (exact) mass is 692 g/mol. The Kier molecular flexibility index (Phi) is 29.4. The van der Waals surface area contributed by atoms with Crippen molar-refractivity contribution >= 4 is 21.1 Å². The maximum atomic E-state index is 14.3. The van der Waals surface area contributed by atoms with E-state index in [0.29, 0.717) is 27.3 Å². The Balaban J connectivity index is 4.53. The van der Waals surface area contributed by atoms with Crippen LogP contribution in [0.5, 0.6) is 0 Å². The molecule has 0 amide bonds. The first kappa shape index (κ1) is 43.7. The molecule has 0 unspecified atom stereocenters. The third-order valence-electron chi connectivity index (χ3n) is 9.87. The molecule has 0 heterocycles. The van der Waals surface area contributed by atoms with Crippen LogP contribution in [0.25, 0.3) is 0 Å². The molecule has 0 aliphatic carbocycles. The average Bonchev–Trinajstić information content (AvgIpc) is 2.96. The SMILES string of the molecule is CCCCCCCCCCCCCCOP(=O)(C[As+](C(C)C)(C(C)C)C(C)C)OCCCCCCCCCCCCCC. The van der Waals surface area contributed by atoms with E-state index in [1.807, 2.05) is 0 Å². The van der Waals surface area contributed by atoms with Gasteiger partial charge in [-0.05, 0) is 0 Å². The van der Waals surface area contributed by atoms with E-state index in [-0.39, 0.29) is 0 Å². The molecule has 0 bridgehead atoms. The molecule has 0 aromatic heterocycles. The molecular formula is C38H81AsO3P+. The van der Waals surface area contributed by atoms with Crippen LogP contribution in [-0.2, 0) is 13.6 Å². The molecule has 43 heavy (non-hydrogen) atoms. The third kappa shape index (κ3) is 22.0. The van der Waals surface area contributed by atoms with Crippen LogP contribution in [0.2, 0.25) is 14.1 Å². The molecule has 260 valence electrons. The number of unbranched alkanes of at least 4 members (excludes halogenated alkanes) is 22. The van der Waals surface area contributed by atoms with Crippen LogP contribution in [0.15, 0.2) is 0 Å². The summed E-state index contributed by atoms with van der Waals surface area (Å²) in [4.78, 5) is 0.717. The molecule has 0 saturated carbocycles. The van der Waals surface area contributed by atoms with E-state index in [1.165, 1.54) is 141 Å². The minimum atomic E-state index is -3.09. The smallest absolute Gasteiger partial charge is 0.0654 e. The van der Waals surface area contributed by atoms with E-state index in [4.69, 9.17) is 9.05 Å². The minimum Gasteiger partial charge on any atom is -0.0654 e. The van der Waals surface area contributed by atoms with Crippen molar-refractivity contribution in [1.29, 1.82) is 0 Å². The van der Waals surface area contributed by atoms with Gasteiger partial charge in [0.25, 0.3) is 0 Å². The number of hydrogen-bond donors (Lipinski definition) is 0. The summed E-state index contributed by atoms with van der Waals surface area (Å²) in [6.07, 6.45) is 31.8. The van der Waals surface area contributed by atoms with Gasteiger partial charge in [-0.1, -0.05) is 65.2 Å². The van der Waals surface area contributed by atoms with Crippen molar-refractivity contribution in [2.45, 2.75) is 224 Å². The second-order valence-electron chi connectivity index (χ2n) is 14.5. The van der Waals surface area contributed by atoms with Crippen LogP contribution in [-0.4, -0.2) is 31.7 Å². The van der Waals surface area contributed by atoms with E-state index in [1.54, 1.807) is 0 Å². The van der Waals surface area contributed by atoms with E-state index in [2.05, 4.69) is 55.4 Å². The number of rotatable bonds is 33. The van der Waals surface area contributed by atoms with Gasteiger partial charge in [0.05, 0.1) is 0 Å². The first-order valence-corrected chi connectivity index (χ1v) is 25.7. The van der Waals surface area contributed by atoms with Gasteiger partial charge in [0, 0.05) is 0 Å². The molecule has 0 atom stereocenters. The van der Waals surface area contributed by atoms with Crippen LogP contribution in [0.1, 0.15) is 209 Å². The van der Waals surface area contributed by atoms with Crippen LogP contribution in [0, 0.1) is 0 Å². The van der Waals surface area contributed by atoms with Gasteiger partial charge in [0.15, 0.2) is 0 Å². The van der Waals surface area contributed by atoms with Gasteiger partial charge in [0.1, 0.15) is 0 Å². The van der Waals surface area contributed by atoms with Gasteiger partial charge in [-0.2, -0.15) is 0 Å². The summed E-state index contributed by atoms with van der Waals surface area (Å²) in [5, 5.41) is 0. The fourth-order valence-electron chi connectivity index (χ4n) is 6.99. The summed E-state index contributed by atoms with van der Waals surface area (Å²) in [6, 6.07) is 0. The summed E-state index contributed by atoms with van der Waals surface area (Å²) in [6.45, 7) is 20.0. The van der Waals surface area contributed by atoms with Gasteiger partial charge in [-0.25, -0.2) is 0 Å². The Labute approximate surface area is 275 Å². The van der Waals surface area contributed by atoms with Crippen molar-refractivity contribution in [2.24, 2.45) is 0 Å². The van der Waals surface area contributed by atoms with E-state index in [0.717, 1.165) is 17.8 Å². The van der Waals surface area contributed by atoms with Gasteiger partial charge < -0.3 is 0 Å². The maximum absolute atomic E-state index is 14.3. The molecule has 0 N–H and O–H groups in total. The second-order valence-corrected chi connectivity index (χ2v) is 29.0. The van der Waals surface area contributed by atoms with Crippen LogP contribution in [0.3, 0.4) is 0 Å². The standard InChI is InChI=1S/C38H81AsO3P/c1-9-11-13-15-17-19-21-23-25-27-29-31-33-41-43(40,35-39(36(3)4,37(5)6)38(7)8)42-34-32-30-28-26-24-22-20-18-16-14-12-10-2/h36-38H,9-35H2,1-8H3/q+1. The second kappa shape index (κ2) is 28.9. The van der Waals surface area contributed by atoms with Crippen molar-refractivity contribution in [3.05, 3.63) is 0 Å². The molecule has 5 heteroatoms.